The summed E-state index contributed by atoms with van der Waals surface area (Å²) in [5.41, 5.74) is 1.38. The fraction of sp³-hybridized carbons (Fsp3) is 0.250. The molecule has 0 bridgehead atoms. The Hall–Kier alpha value is -2.89. The number of amides is 2. The Morgan fingerprint density at radius 2 is 1.57 bits per heavy atom. The van der Waals surface area contributed by atoms with Gasteiger partial charge in [0.1, 0.15) is 0 Å². The molecule has 0 aliphatic carbocycles. The number of fused-ring (bicyclic) bond motifs is 1. The highest BCUT2D eigenvalue weighted by Crippen LogP contribution is 2.22. The average Bonchev–Trinajstić information content (AvgIpc) is 2.79. The first-order valence-corrected chi connectivity index (χ1v) is 10.5. The Labute approximate surface area is 181 Å². The number of nitrogens with zero attached hydrogens (tertiary/aromatic N) is 2. The maximum absolute atomic E-state index is 13.1. The van der Waals surface area contributed by atoms with Crippen molar-refractivity contribution in [2.75, 3.05) is 38.0 Å². The van der Waals surface area contributed by atoms with Crippen molar-refractivity contribution in [1.29, 1.82) is 0 Å². The van der Waals surface area contributed by atoms with E-state index in [1.54, 1.807) is 12.1 Å². The van der Waals surface area contributed by atoms with Crippen molar-refractivity contribution in [2.24, 2.45) is 0 Å². The van der Waals surface area contributed by atoms with Gasteiger partial charge in [-0.1, -0.05) is 60.1 Å². The normalized spacial score (nSPS) is 14.6. The van der Waals surface area contributed by atoms with Gasteiger partial charge < -0.3 is 10.2 Å². The van der Waals surface area contributed by atoms with Gasteiger partial charge >= 0.3 is 0 Å². The van der Waals surface area contributed by atoms with Crippen LogP contribution in [-0.4, -0.2) is 54.3 Å². The van der Waals surface area contributed by atoms with Crippen LogP contribution in [0.15, 0.2) is 66.7 Å². The average molecular weight is 422 g/mol. The van der Waals surface area contributed by atoms with E-state index in [4.69, 9.17) is 11.6 Å². The molecular weight excluding hydrogens is 398 g/mol. The molecule has 3 aromatic carbocycles. The van der Waals surface area contributed by atoms with E-state index in [9.17, 15) is 9.59 Å². The van der Waals surface area contributed by atoms with Crippen LogP contribution < -0.4 is 5.32 Å². The number of carbonyl (C=O) groups is 2. The predicted molar refractivity (Wildman–Crippen MR) is 121 cm³/mol. The number of benzene rings is 3. The molecule has 4 rings (SSSR count). The van der Waals surface area contributed by atoms with E-state index in [0.717, 1.165) is 29.4 Å². The van der Waals surface area contributed by atoms with Crippen molar-refractivity contribution in [3.63, 3.8) is 0 Å². The third-order valence-electron chi connectivity index (χ3n) is 5.48. The van der Waals surface area contributed by atoms with Gasteiger partial charge in [-0.2, -0.15) is 0 Å². The zero-order valence-corrected chi connectivity index (χ0v) is 17.4. The standard InChI is InChI=1S/C24H24ClN3O2/c25-21-10-3-4-11-22(21)26-23(29)12-13-27-14-16-28(17-15-27)24(30)20-9-5-7-18-6-1-2-8-19(18)20/h1-11H,12-17H2,(H,26,29). The van der Waals surface area contributed by atoms with Crippen LogP contribution in [0.3, 0.4) is 0 Å². The lowest BCUT2D eigenvalue weighted by Gasteiger charge is -2.34. The third kappa shape index (κ3) is 4.64. The Morgan fingerprint density at radius 3 is 2.37 bits per heavy atom. The SMILES string of the molecule is O=C(CCN1CCN(C(=O)c2cccc3ccccc23)CC1)Nc1ccccc1Cl. The second kappa shape index (κ2) is 9.28. The van der Waals surface area contributed by atoms with Crippen LogP contribution in [0.1, 0.15) is 16.8 Å². The Morgan fingerprint density at radius 1 is 0.867 bits per heavy atom. The van der Waals surface area contributed by atoms with E-state index in [1.165, 1.54) is 0 Å². The summed E-state index contributed by atoms with van der Waals surface area (Å²) in [6, 6.07) is 21.0. The fourth-order valence-electron chi connectivity index (χ4n) is 3.79. The summed E-state index contributed by atoms with van der Waals surface area (Å²) in [6.07, 6.45) is 0.391. The number of rotatable bonds is 5. The maximum atomic E-state index is 13.1. The zero-order chi connectivity index (χ0) is 20.9. The number of para-hydroxylation sites is 1. The largest absolute Gasteiger partial charge is 0.336 e. The van der Waals surface area contributed by atoms with Gasteiger partial charge in [0.2, 0.25) is 5.91 Å². The van der Waals surface area contributed by atoms with Gasteiger partial charge in [-0.15, -0.1) is 0 Å². The van der Waals surface area contributed by atoms with Crippen LogP contribution in [0.4, 0.5) is 5.69 Å². The molecule has 30 heavy (non-hydrogen) atoms. The smallest absolute Gasteiger partial charge is 0.254 e. The molecule has 2 amide bonds. The summed E-state index contributed by atoms with van der Waals surface area (Å²) in [5.74, 6) is 0.0141. The van der Waals surface area contributed by atoms with Gasteiger partial charge in [0.05, 0.1) is 10.7 Å². The van der Waals surface area contributed by atoms with Crippen molar-refractivity contribution in [3.05, 3.63) is 77.3 Å². The van der Waals surface area contributed by atoms with Crippen molar-refractivity contribution in [3.8, 4) is 0 Å². The summed E-state index contributed by atoms with van der Waals surface area (Å²) < 4.78 is 0. The van der Waals surface area contributed by atoms with Gasteiger partial charge in [0, 0.05) is 44.7 Å². The molecule has 1 aliphatic rings. The molecule has 0 spiro atoms. The number of hydrogen-bond acceptors (Lipinski definition) is 3. The molecule has 1 heterocycles. The highest BCUT2D eigenvalue weighted by atomic mass is 35.5. The van der Waals surface area contributed by atoms with Crippen LogP contribution in [0, 0.1) is 0 Å². The van der Waals surface area contributed by atoms with Gasteiger partial charge in [0.15, 0.2) is 0 Å². The Balaban J connectivity index is 1.29. The lowest BCUT2D eigenvalue weighted by molar-refractivity contribution is -0.116. The van der Waals surface area contributed by atoms with E-state index in [2.05, 4.69) is 10.2 Å². The minimum absolute atomic E-state index is 0.0580. The number of carbonyl (C=O) groups excluding carboxylic acids is 2. The Bertz CT molecular complexity index is 1060. The van der Waals surface area contributed by atoms with E-state index < -0.39 is 0 Å². The summed E-state index contributed by atoms with van der Waals surface area (Å²) in [5, 5.41) is 5.45. The van der Waals surface area contributed by atoms with E-state index in [1.807, 2.05) is 59.5 Å². The minimum atomic E-state index is -0.0580. The fourth-order valence-corrected chi connectivity index (χ4v) is 3.97. The Kier molecular flexibility index (Phi) is 6.31. The molecule has 6 heteroatoms. The number of hydrogen-bond donors (Lipinski definition) is 1. The molecule has 1 saturated heterocycles. The number of halogens is 1. The highest BCUT2D eigenvalue weighted by molar-refractivity contribution is 6.33. The molecular formula is C24H24ClN3O2. The first kappa shape index (κ1) is 20.4. The third-order valence-corrected chi connectivity index (χ3v) is 5.81. The molecule has 0 saturated carbocycles. The minimum Gasteiger partial charge on any atom is -0.336 e. The van der Waals surface area contributed by atoms with Crippen molar-refractivity contribution < 1.29 is 9.59 Å². The molecule has 1 aliphatic heterocycles. The van der Waals surface area contributed by atoms with Crippen molar-refractivity contribution in [1.82, 2.24) is 9.80 Å². The molecule has 0 atom stereocenters. The first-order chi connectivity index (χ1) is 14.6. The molecule has 1 fully saturated rings. The molecule has 0 aromatic heterocycles. The highest BCUT2D eigenvalue weighted by Gasteiger charge is 2.23. The predicted octanol–water partition coefficient (Wildman–Crippen LogP) is 4.28. The second-order valence-corrected chi connectivity index (χ2v) is 7.85. The molecule has 0 radical (unpaired) electrons. The lowest BCUT2D eigenvalue weighted by Crippen LogP contribution is -2.49. The lowest BCUT2D eigenvalue weighted by atomic mass is 10.0. The quantitative estimate of drug-likeness (QED) is 0.669. The zero-order valence-electron chi connectivity index (χ0n) is 16.7. The van der Waals surface area contributed by atoms with Gasteiger partial charge in [0.25, 0.3) is 5.91 Å². The number of anilines is 1. The number of nitrogens with one attached hydrogen (secondary N) is 1. The summed E-state index contributed by atoms with van der Waals surface area (Å²) in [6.45, 7) is 3.50. The van der Waals surface area contributed by atoms with Crippen molar-refractivity contribution in [2.45, 2.75) is 6.42 Å². The van der Waals surface area contributed by atoms with Crippen LogP contribution in [0.25, 0.3) is 10.8 Å². The summed E-state index contributed by atoms with van der Waals surface area (Å²) in [4.78, 5) is 29.4. The molecule has 154 valence electrons. The van der Waals surface area contributed by atoms with Crippen LogP contribution in [0.2, 0.25) is 5.02 Å². The molecule has 3 aromatic rings. The number of piperazine rings is 1. The van der Waals surface area contributed by atoms with Gasteiger partial charge in [-0.25, -0.2) is 0 Å². The van der Waals surface area contributed by atoms with E-state index in [-0.39, 0.29) is 11.8 Å². The van der Waals surface area contributed by atoms with Crippen LogP contribution >= 0.6 is 11.6 Å². The monoisotopic (exact) mass is 421 g/mol. The van der Waals surface area contributed by atoms with Crippen LogP contribution in [-0.2, 0) is 4.79 Å². The maximum Gasteiger partial charge on any atom is 0.254 e. The second-order valence-electron chi connectivity index (χ2n) is 7.44. The van der Waals surface area contributed by atoms with Gasteiger partial charge in [-0.05, 0) is 29.0 Å². The van der Waals surface area contributed by atoms with Crippen LogP contribution in [0.5, 0.6) is 0 Å². The summed E-state index contributed by atoms with van der Waals surface area (Å²) >= 11 is 6.09. The van der Waals surface area contributed by atoms with Gasteiger partial charge in [-0.3, -0.25) is 14.5 Å². The van der Waals surface area contributed by atoms with Crippen molar-refractivity contribution >= 4 is 39.9 Å². The van der Waals surface area contributed by atoms with E-state index >= 15 is 0 Å². The molecule has 1 N–H and O–H groups in total. The molecule has 5 nitrogen and oxygen atoms in total. The molecule has 0 unspecified atom stereocenters. The first-order valence-electron chi connectivity index (χ1n) is 10.2. The topological polar surface area (TPSA) is 52.7 Å². The summed E-state index contributed by atoms with van der Waals surface area (Å²) in [7, 11) is 0. The van der Waals surface area contributed by atoms with E-state index in [0.29, 0.717) is 36.8 Å².